The van der Waals surface area contributed by atoms with E-state index in [1.54, 1.807) is 0 Å². The van der Waals surface area contributed by atoms with Gasteiger partial charge in [0.25, 0.3) is 0 Å². The lowest BCUT2D eigenvalue weighted by atomic mass is 9.74. The molecule has 3 aliphatic rings. The molecular formula is C21H40N2O. The zero-order valence-electron chi connectivity index (χ0n) is 17.0. The highest BCUT2D eigenvalue weighted by molar-refractivity contribution is 5.01. The zero-order chi connectivity index (χ0) is 17.5. The van der Waals surface area contributed by atoms with Crippen molar-refractivity contribution in [2.45, 2.75) is 78.9 Å². The fourth-order valence-electron chi connectivity index (χ4n) is 5.24. The Morgan fingerprint density at radius 3 is 2.12 bits per heavy atom. The lowest BCUT2D eigenvalue weighted by Gasteiger charge is -2.41. The highest BCUT2D eigenvalue weighted by atomic mass is 16.5. The lowest BCUT2D eigenvalue weighted by Crippen LogP contribution is -2.44. The average molecular weight is 337 g/mol. The van der Waals surface area contributed by atoms with Crippen LogP contribution < -0.4 is 0 Å². The van der Waals surface area contributed by atoms with E-state index in [0.717, 1.165) is 30.5 Å². The highest BCUT2D eigenvalue weighted by Gasteiger charge is 2.48. The first kappa shape index (κ1) is 18.7. The first-order valence-electron chi connectivity index (χ1n) is 10.2. The third-order valence-electron chi connectivity index (χ3n) is 6.65. The van der Waals surface area contributed by atoms with Crippen molar-refractivity contribution >= 4 is 0 Å². The van der Waals surface area contributed by atoms with Crippen molar-refractivity contribution in [3.05, 3.63) is 0 Å². The summed E-state index contributed by atoms with van der Waals surface area (Å²) >= 11 is 0. The number of fused-ring (bicyclic) bond motifs is 2. The lowest BCUT2D eigenvalue weighted by molar-refractivity contribution is -0.0723. The molecule has 2 aliphatic heterocycles. The summed E-state index contributed by atoms with van der Waals surface area (Å²) in [6.45, 7) is 19.7. The van der Waals surface area contributed by atoms with Gasteiger partial charge in [0.05, 0.1) is 12.3 Å². The van der Waals surface area contributed by atoms with Gasteiger partial charge in [-0.3, -0.25) is 9.80 Å². The molecule has 1 aliphatic carbocycles. The summed E-state index contributed by atoms with van der Waals surface area (Å²) in [6, 6.07) is 0.890. The van der Waals surface area contributed by atoms with Crippen LogP contribution in [0.25, 0.3) is 0 Å². The first-order valence-corrected chi connectivity index (χ1v) is 10.2. The number of ether oxygens (including phenoxy) is 1. The minimum Gasteiger partial charge on any atom is -0.360 e. The van der Waals surface area contributed by atoms with E-state index in [0.29, 0.717) is 5.41 Å². The van der Waals surface area contributed by atoms with Crippen molar-refractivity contribution in [3.8, 4) is 0 Å². The van der Waals surface area contributed by atoms with Gasteiger partial charge in [-0.2, -0.15) is 0 Å². The fraction of sp³-hybridized carbons (Fsp3) is 1.00. The normalized spacial score (nSPS) is 33.5. The Hall–Kier alpha value is -0.120. The van der Waals surface area contributed by atoms with E-state index in [2.05, 4.69) is 51.3 Å². The predicted octanol–water partition coefficient (Wildman–Crippen LogP) is 4.23. The monoisotopic (exact) mass is 336 g/mol. The van der Waals surface area contributed by atoms with Crippen LogP contribution >= 0.6 is 0 Å². The van der Waals surface area contributed by atoms with Crippen molar-refractivity contribution in [1.82, 2.24) is 9.80 Å². The molecule has 3 heteroatoms. The molecule has 2 bridgehead atoms. The standard InChI is InChI=1S/C21H40N2O/c1-20(2,3)19-12-18-11-17(19)14-23(18)13-16-7-9-22(10-8-16)15-24-21(4,5)6/h16-19H,7-15H2,1-6H3/t17-,18-,19?/m1/s1. The Kier molecular flexibility index (Phi) is 5.36. The van der Waals surface area contributed by atoms with Gasteiger partial charge >= 0.3 is 0 Å². The molecule has 0 amide bonds. The van der Waals surface area contributed by atoms with Crippen LogP contribution in [0, 0.1) is 23.2 Å². The summed E-state index contributed by atoms with van der Waals surface area (Å²) < 4.78 is 5.94. The molecule has 0 radical (unpaired) electrons. The Balaban J connectivity index is 1.39. The van der Waals surface area contributed by atoms with E-state index < -0.39 is 0 Å². The van der Waals surface area contributed by atoms with Gasteiger partial charge in [-0.1, -0.05) is 20.8 Å². The van der Waals surface area contributed by atoms with Gasteiger partial charge in [0.15, 0.2) is 0 Å². The molecule has 0 aromatic carbocycles. The number of hydrogen-bond acceptors (Lipinski definition) is 3. The second-order valence-electron chi connectivity index (χ2n) is 10.8. The summed E-state index contributed by atoms with van der Waals surface area (Å²) in [5.74, 6) is 2.83. The van der Waals surface area contributed by atoms with Crippen LogP contribution in [0.2, 0.25) is 0 Å². The number of hydrogen-bond donors (Lipinski definition) is 0. The molecule has 2 saturated heterocycles. The number of nitrogens with zero attached hydrogens (tertiary/aromatic N) is 2. The summed E-state index contributed by atoms with van der Waals surface area (Å²) in [6.07, 6.45) is 5.63. The summed E-state index contributed by atoms with van der Waals surface area (Å²) in [5.41, 5.74) is 0.485. The molecular weight excluding hydrogens is 296 g/mol. The molecule has 1 unspecified atom stereocenters. The molecule has 3 rings (SSSR count). The maximum Gasteiger partial charge on any atom is 0.0997 e. The van der Waals surface area contributed by atoms with Crippen LogP contribution in [0.3, 0.4) is 0 Å². The number of piperidine rings is 2. The molecule has 3 nitrogen and oxygen atoms in total. The quantitative estimate of drug-likeness (QED) is 0.764. The Labute approximate surface area is 150 Å². The van der Waals surface area contributed by atoms with Gasteiger partial charge in [-0.15, -0.1) is 0 Å². The molecule has 0 aromatic rings. The van der Waals surface area contributed by atoms with Crippen molar-refractivity contribution in [2.75, 3.05) is 32.9 Å². The van der Waals surface area contributed by atoms with Crippen LogP contribution in [-0.4, -0.2) is 54.4 Å². The maximum absolute atomic E-state index is 5.94. The van der Waals surface area contributed by atoms with Crippen molar-refractivity contribution < 1.29 is 4.74 Å². The minimum atomic E-state index is -0.0186. The van der Waals surface area contributed by atoms with E-state index in [1.165, 1.54) is 51.9 Å². The van der Waals surface area contributed by atoms with Gasteiger partial charge in [0.2, 0.25) is 0 Å². The fourth-order valence-corrected chi connectivity index (χ4v) is 5.24. The first-order chi connectivity index (χ1) is 11.1. The van der Waals surface area contributed by atoms with Crippen LogP contribution in [0.5, 0.6) is 0 Å². The molecule has 0 aromatic heterocycles. The molecule has 2 heterocycles. The average Bonchev–Trinajstić information content (AvgIpc) is 3.05. The Bertz CT molecular complexity index is 415. The molecule has 3 fully saturated rings. The second kappa shape index (κ2) is 6.89. The smallest absolute Gasteiger partial charge is 0.0997 e. The summed E-state index contributed by atoms with van der Waals surface area (Å²) in [4.78, 5) is 5.34. The number of rotatable bonds is 4. The molecule has 24 heavy (non-hydrogen) atoms. The van der Waals surface area contributed by atoms with Gasteiger partial charge in [-0.05, 0) is 69.6 Å². The van der Waals surface area contributed by atoms with Gasteiger partial charge in [0.1, 0.15) is 0 Å². The summed E-state index contributed by atoms with van der Waals surface area (Å²) in [5, 5.41) is 0. The van der Waals surface area contributed by atoms with Gasteiger partial charge in [-0.25, -0.2) is 0 Å². The van der Waals surface area contributed by atoms with Crippen LogP contribution in [0.1, 0.15) is 67.2 Å². The van der Waals surface area contributed by atoms with E-state index in [-0.39, 0.29) is 5.60 Å². The minimum absolute atomic E-state index is 0.0186. The zero-order valence-corrected chi connectivity index (χ0v) is 17.0. The van der Waals surface area contributed by atoms with Crippen molar-refractivity contribution in [3.63, 3.8) is 0 Å². The second-order valence-corrected chi connectivity index (χ2v) is 10.8. The topological polar surface area (TPSA) is 15.7 Å². The van der Waals surface area contributed by atoms with Gasteiger partial charge in [0, 0.05) is 32.2 Å². The molecule has 0 N–H and O–H groups in total. The van der Waals surface area contributed by atoms with Crippen LogP contribution in [0.15, 0.2) is 0 Å². The van der Waals surface area contributed by atoms with Crippen LogP contribution in [0.4, 0.5) is 0 Å². The maximum atomic E-state index is 5.94. The van der Waals surface area contributed by atoms with E-state index in [4.69, 9.17) is 4.74 Å². The number of likely N-dealkylation sites (tertiary alicyclic amines) is 2. The highest BCUT2D eigenvalue weighted by Crippen LogP contribution is 2.50. The molecule has 0 spiro atoms. The molecule has 140 valence electrons. The molecule has 1 saturated carbocycles. The molecule has 3 atom stereocenters. The van der Waals surface area contributed by atoms with Crippen molar-refractivity contribution in [2.24, 2.45) is 23.2 Å². The van der Waals surface area contributed by atoms with E-state index in [1.807, 2.05) is 0 Å². The Morgan fingerprint density at radius 2 is 1.62 bits per heavy atom. The van der Waals surface area contributed by atoms with E-state index >= 15 is 0 Å². The predicted molar refractivity (Wildman–Crippen MR) is 101 cm³/mol. The largest absolute Gasteiger partial charge is 0.360 e. The third-order valence-corrected chi connectivity index (χ3v) is 6.65. The van der Waals surface area contributed by atoms with Gasteiger partial charge < -0.3 is 4.74 Å². The van der Waals surface area contributed by atoms with E-state index in [9.17, 15) is 0 Å². The summed E-state index contributed by atoms with van der Waals surface area (Å²) in [7, 11) is 0. The SMILES string of the molecule is CC(C)(C)OCN1CCC(CN2C[C@H]3C[C@@H]2CC3C(C)(C)C)CC1. The Morgan fingerprint density at radius 1 is 0.958 bits per heavy atom. The van der Waals surface area contributed by atoms with Crippen LogP contribution in [-0.2, 0) is 4.74 Å². The van der Waals surface area contributed by atoms with Crippen molar-refractivity contribution in [1.29, 1.82) is 0 Å². The third kappa shape index (κ3) is 4.53.